The van der Waals surface area contributed by atoms with Gasteiger partial charge in [-0.15, -0.1) is 11.3 Å². The lowest BCUT2D eigenvalue weighted by Gasteiger charge is -2.12. The Kier molecular flexibility index (Phi) is 5.13. The molecule has 0 bridgehead atoms. The van der Waals surface area contributed by atoms with Crippen molar-refractivity contribution >= 4 is 27.3 Å². The molecule has 0 spiro atoms. The van der Waals surface area contributed by atoms with E-state index in [4.69, 9.17) is 0 Å². The van der Waals surface area contributed by atoms with E-state index in [-0.39, 0.29) is 0 Å². The van der Waals surface area contributed by atoms with Gasteiger partial charge in [-0.1, -0.05) is 20.8 Å². The van der Waals surface area contributed by atoms with Crippen LogP contribution in [0, 0.1) is 0 Å². The first-order chi connectivity index (χ1) is 6.61. The van der Waals surface area contributed by atoms with Crippen LogP contribution in [0.2, 0.25) is 0 Å². The molecule has 1 atom stereocenters. The molecule has 3 heteroatoms. The normalized spacial score (nSPS) is 13.5. The van der Waals surface area contributed by atoms with Crippen LogP contribution in [0.1, 0.15) is 38.0 Å². The molecule has 0 saturated heterocycles. The molecule has 0 radical (unpaired) electrons. The lowest BCUT2D eigenvalue weighted by atomic mass is 10.1. The Bertz CT molecular complexity index is 270. The van der Waals surface area contributed by atoms with E-state index < -0.39 is 0 Å². The Morgan fingerprint density at radius 1 is 1.43 bits per heavy atom. The van der Waals surface area contributed by atoms with E-state index in [9.17, 15) is 0 Å². The van der Waals surface area contributed by atoms with Gasteiger partial charge < -0.3 is 5.32 Å². The summed E-state index contributed by atoms with van der Waals surface area (Å²) in [5.41, 5.74) is 0. The number of nitrogens with one attached hydrogen (secondary N) is 1. The summed E-state index contributed by atoms with van der Waals surface area (Å²) >= 11 is 5.42. The third-order valence-corrected chi connectivity index (χ3v) is 4.32. The van der Waals surface area contributed by atoms with Crippen LogP contribution in [0.4, 0.5) is 0 Å². The van der Waals surface area contributed by atoms with Crippen LogP contribution >= 0.6 is 27.3 Å². The fourth-order valence-electron chi connectivity index (χ4n) is 1.38. The summed E-state index contributed by atoms with van der Waals surface area (Å²) < 4.78 is 1.26. The molecule has 0 aliphatic carbocycles. The highest BCUT2D eigenvalue weighted by molar-refractivity contribution is 9.10. The van der Waals surface area contributed by atoms with Gasteiger partial charge in [-0.25, -0.2) is 0 Å². The van der Waals surface area contributed by atoms with E-state index in [1.165, 1.54) is 15.8 Å². The zero-order valence-electron chi connectivity index (χ0n) is 9.01. The lowest BCUT2D eigenvalue weighted by Crippen LogP contribution is -2.24. The van der Waals surface area contributed by atoms with Crippen LogP contribution in [-0.2, 0) is 0 Å². The summed E-state index contributed by atoms with van der Waals surface area (Å²) in [5, 5.41) is 5.59. The van der Waals surface area contributed by atoms with E-state index in [1.54, 1.807) is 0 Å². The molecule has 1 unspecified atom stereocenters. The Morgan fingerprint density at radius 3 is 2.64 bits per heavy atom. The molecule has 0 aliphatic rings. The Hall–Kier alpha value is 0.140. The summed E-state index contributed by atoms with van der Waals surface area (Å²) in [4.78, 5) is 1.47. The molecule has 1 rings (SSSR count). The molecule has 1 heterocycles. The third kappa shape index (κ3) is 3.71. The summed E-state index contributed by atoms with van der Waals surface area (Å²) in [6.07, 6.45) is 1.21. The first-order valence-corrected chi connectivity index (χ1v) is 6.74. The van der Waals surface area contributed by atoms with Crippen molar-refractivity contribution in [2.75, 3.05) is 6.54 Å². The maximum Gasteiger partial charge on any atom is 0.0317 e. The van der Waals surface area contributed by atoms with Crippen molar-refractivity contribution in [1.82, 2.24) is 5.32 Å². The van der Waals surface area contributed by atoms with Crippen molar-refractivity contribution in [2.24, 2.45) is 0 Å². The van der Waals surface area contributed by atoms with Crippen LogP contribution in [-0.4, -0.2) is 12.6 Å². The monoisotopic (exact) mass is 275 g/mol. The number of hydrogen-bond donors (Lipinski definition) is 1. The molecule has 1 N–H and O–H groups in total. The van der Waals surface area contributed by atoms with Crippen molar-refractivity contribution in [3.8, 4) is 0 Å². The molecule has 80 valence electrons. The second-order valence-electron chi connectivity index (χ2n) is 3.93. The molecule has 0 fully saturated rings. The van der Waals surface area contributed by atoms with Crippen molar-refractivity contribution < 1.29 is 0 Å². The minimum atomic E-state index is 0.592. The zero-order valence-corrected chi connectivity index (χ0v) is 11.4. The highest BCUT2D eigenvalue weighted by atomic mass is 79.9. The third-order valence-electron chi connectivity index (χ3n) is 2.22. The van der Waals surface area contributed by atoms with Gasteiger partial charge in [-0.05, 0) is 46.3 Å². The first kappa shape index (κ1) is 12.2. The topological polar surface area (TPSA) is 12.0 Å². The number of hydrogen-bond acceptors (Lipinski definition) is 2. The minimum absolute atomic E-state index is 0.592. The van der Waals surface area contributed by atoms with Crippen LogP contribution in [0.25, 0.3) is 0 Å². The fourth-order valence-corrected chi connectivity index (χ4v) is 3.24. The Morgan fingerprint density at radius 2 is 2.14 bits per heavy atom. The molecular formula is C11H18BrNS. The number of halogens is 1. The predicted molar refractivity (Wildman–Crippen MR) is 68.2 cm³/mol. The average molecular weight is 276 g/mol. The van der Waals surface area contributed by atoms with Crippen LogP contribution < -0.4 is 5.32 Å². The molecular weight excluding hydrogens is 258 g/mol. The highest BCUT2D eigenvalue weighted by Crippen LogP contribution is 2.31. The first-order valence-electron chi connectivity index (χ1n) is 5.07. The highest BCUT2D eigenvalue weighted by Gasteiger charge is 2.10. The van der Waals surface area contributed by atoms with Gasteiger partial charge in [0.1, 0.15) is 0 Å². The second kappa shape index (κ2) is 5.89. The molecule has 1 aromatic heterocycles. The Labute approximate surface area is 99.0 Å². The maximum atomic E-state index is 3.58. The van der Waals surface area contributed by atoms with Crippen LogP contribution in [0.15, 0.2) is 15.9 Å². The number of rotatable bonds is 5. The maximum absolute atomic E-state index is 3.58. The smallest absolute Gasteiger partial charge is 0.0317 e. The van der Waals surface area contributed by atoms with Crippen molar-refractivity contribution in [3.05, 3.63) is 20.8 Å². The molecule has 14 heavy (non-hydrogen) atoms. The minimum Gasteiger partial charge on any atom is -0.315 e. The lowest BCUT2D eigenvalue weighted by molar-refractivity contribution is 0.543. The average Bonchev–Trinajstić information content (AvgIpc) is 2.50. The van der Waals surface area contributed by atoms with Gasteiger partial charge in [0.25, 0.3) is 0 Å². The molecule has 0 aliphatic heterocycles. The summed E-state index contributed by atoms with van der Waals surface area (Å²) in [5.74, 6) is 0.649. The summed E-state index contributed by atoms with van der Waals surface area (Å²) in [6, 6.07) is 2.72. The van der Waals surface area contributed by atoms with Crippen LogP contribution in [0.5, 0.6) is 0 Å². The van der Waals surface area contributed by atoms with E-state index in [0.717, 1.165) is 6.54 Å². The van der Waals surface area contributed by atoms with E-state index in [0.29, 0.717) is 12.0 Å². The standard InChI is InChI=1S/C11H18BrNS/c1-8(2)13-6-4-9(3)11-10(12)5-7-14-11/h5,7-9,13H,4,6H2,1-3H3. The zero-order chi connectivity index (χ0) is 10.6. The largest absolute Gasteiger partial charge is 0.315 e. The molecule has 1 nitrogen and oxygen atoms in total. The van der Waals surface area contributed by atoms with Gasteiger partial charge in [-0.2, -0.15) is 0 Å². The van der Waals surface area contributed by atoms with Gasteiger partial charge in [-0.3, -0.25) is 0 Å². The van der Waals surface area contributed by atoms with Crippen molar-refractivity contribution in [1.29, 1.82) is 0 Å². The fraction of sp³-hybridized carbons (Fsp3) is 0.636. The molecule has 0 amide bonds. The molecule has 0 saturated carbocycles. The second-order valence-corrected chi connectivity index (χ2v) is 5.73. The van der Waals surface area contributed by atoms with Crippen molar-refractivity contribution in [3.63, 3.8) is 0 Å². The summed E-state index contributed by atoms with van der Waals surface area (Å²) in [6.45, 7) is 7.76. The quantitative estimate of drug-likeness (QED) is 0.857. The van der Waals surface area contributed by atoms with E-state index >= 15 is 0 Å². The summed E-state index contributed by atoms with van der Waals surface area (Å²) in [7, 11) is 0. The van der Waals surface area contributed by atoms with Gasteiger partial charge >= 0.3 is 0 Å². The Balaban J connectivity index is 2.36. The SMILES string of the molecule is CC(C)NCCC(C)c1sccc1Br. The van der Waals surface area contributed by atoms with Crippen LogP contribution in [0.3, 0.4) is 0 Å². The van der Waals surface area contributed by atoms with E-state index in [2.05, 4.69) is 53.5 Å². The molecule has 1 aromatic rings. The van der Waals surface area contributed by atoms with E-state index in [1.807, 2.05) is 11.3 Å². The predicted octanol–water partition coefficient (Wildman–Crippen LogP) is 4.00. The number of thiophene rings is 1. The molecule has 0 aromatic carbocycles. The van der Waals surface area contributed by atoms with Gasteiger partial charge in [0.05, 0.1) is 0 Å². The van der Waals surface area contributed by atoms with Gasteiger partial charge in [0.15, 0.2) is 0 Å². The van der Waals surface area contributed by atoms with Gasteiger partial charge in [0, 0.05) is 15.4 Å². The van der Waals surface area contributed by atoms with Gasteiger partial charge in [0.2, 0.25) is 0 Å². The van der Waals surface area contributed by atoms with Crippen molar-refractivity contribution in [2.45, 2.75) is 39.2 Å².